The molecule has 2 aromatic heterocycles. The Bertz CT molecular complexity index is 630. The van der Waals surface area contributed by atoms with Gasteiger partial charge in [0.25, 0.3) is 0 Å². The first-order chi connectivity index (χ1) is 9.90. The van der Waals surface area contributed by atoms with Gasteiger partial charge in [-0.3, -0.25) is 9.67 Å². The number of likely N-dealkylation sites (N-methyl/N-ethyl adjacent to an activating group) is 1. The number of halogens is 3. The minimum atomic E-state index is -1.06. The molecule has 0 aromatic carbocycles. The molecule has 0 aliphatic carbocycles. The van der Waals surface area contributed by atoms with E-state index in [-0.39, 0.29) is 5.02 Å². The number of nitrogens with zero attached hydrogens (tertiary/aromatic N) is 4. The zero-order valence-corrected chi connectivity index (χ0v) is 13.9. The summed E-state index contributed by atoms with van der Waals surface area (Å²) >= 11 is 18.0. The molecular weight excluding hydrogens is 335 g/mol. The van der Waals surface area contributed by atoms with E-state index in [0.29, 0.717) is 28.0 Å². The molecule has 0 bridgehead atoms. The van der Waals surface area contributed by atoms with Crippen LogP contribution in [-0.4, -0.2) is 45.4 Å². The molecule has 1 atom stereocenters. The first-order valence-electron chi connectivity index (χ1n) is 6.25. The molecule has 21 heavy (non-hydrogen) atoms. The Kier molecular flexibility index (Phi) is 5.46. The molecule has 5 nitrogen and oxygen atoms in total. The molecule has 1 unspecified atom stereocenters. The number of aliphatic hydroxyl groups excluding tert-OH is 1. The SMILES string of the molecule is CN(C)CCn1ncc(Cl)c1C(O)c1ncc(Cl)cc1Cl. The van der Waals surface area contributed by atoms with E-state index in [4.69, 9.17) is 34.8 Å². The van der Waals surface area contributed by atoms with Gasteiger partial charge in [0.2, 0.25) is 0 Å². The number of aromatic nitrogens is 3. The van der Waals surface area contributed by atoms with Gasteiger partial charge in [0.05, 0.1) is 39.2 Å². The van der Waals surface area contributed by atoms with Gasteiger partial charge in [-0.1, -0.05) is 34.8 Å². The number of pyridine rings is 1. The zero-order chi connectivity index (χ0) is 15.6. The van der Waals surface area contributed by atoms with Gasteiger partial charge in [0.15, 0.2) is 0 Å². The van der Waals surface area contributed by atoms with Crippen molar-refractivity contribution in [3.8, 4) is 0 Å². The summed E-state index contributed by atoms with van der Waals surface area (Å²) in [5, 5.41) is 15.8. The maximum atomic E-state index is 10.5. The van der Waals surface area contributed by atoms with Gasteiger partial charge in [-0.2, -0.15) is 5.10 Å². The summed E-state index contributed by atoms with van der Waals surface area (Å²) in [5.41, 5.74) is 0.768. The molecule has 2 aromatic rings. The van der Waals surface area contributed by atoms with Gasteiger partial charge in [-0.05, 0) is 20.2 Å². The summed E-state index contributed by atoms with van der Waals surface area (Å²) in [6.45, 7) is 1.36. The monoisotopic (exact) mass is 348 g/mol. The third-order valence-electron chi connectivity index (χ3n) is 2.95. The first-order valence-corrected chi connectivity index (χ1v) is 7.38. The number of aliphatic hydroxyl groups is 1. The van der Waals surface area contributed by atoms with E-state index in [1.165, 1.54) is 18.5 Å². The third-order valence-corrected chi connectivity index (χ3v) is 3.75. The fourth-order valence-corrected chi connectivity index (χ4v) is 2.60. The fraction of sp³-hybridized carbons (Fsp3) is 0.385. The highest BCUT2D eigenvalue weighted by molar-refractivity contribution is 6.35. The summed E-state index contributed by atoms with van der Waals surface area (Å²) in [5.74, 6) is 0. The highest BCUT2D eigenvalue weighted by atomic mass is 35.5. The average Bonchev–Trinajstić information content (AvgIpc) is 2.77. The Labute approximate surface area is 138 Å². The number of rotatable bonds is 5. The maximum Gasteiger partial charge on any atom is 0.140 e. The van der Waals surface area contributed by atoms with Gasteiger partial charge >= 0.3 is 0 Å². The lowest BCUT2D eigenvalue weighted by molar-refractivity contribution is 0.201. The maximum absolute atomic E-state index is 10.5. The molecular formula is C13H15Cl3N4O. The standard InChI is InChI=1S/C13H15Cl3N4O/c1-19(2)3-4-20-12(10(16)7-18-20)13(21)11-9(15)5-8(14)6-17-11/h5-7,13,21H,3-4H2,1-2H3. The number of hydrogen-bond donors (Lipinski definition) is 1. The predicted molar refractivity (Wildman–Crippen MR) is 84.1 cm³/mol. The Morgan fingerprint density at radius 2 is 1.95 bits per heavy atom. The summed E-state index contributed by atoms with van der Waals surface area (Å²) < 4.78 is 1.65. The molecule has 0 saturated carbocycles. The Morgan fingerprint density at radius 1 is 1.24 bits per heavy atom. The molecule has 114 valence electrons. The van der Waals surface area contributed by atoms with Crippen LogP contribution in [0.15, 0.2) is 18.5 Å². The van der Waals surface area contributed by atoms with Crippen molar-refractivity contribution in [1.82, 2.24) is 19.7 Å². The molecule has 0 amide bonds. The quantitative estimate of drug-likeness (QED) is 0.902. The summed E-state index contributed by atoms with van der Waals surface area (Å²) in [6.07, 6.45) is 1.87. The molecule has 2 heterocycles. The van der Waals surface area contributed by atoms with Gasteiger partial charge in [0, 0.05) is 12.7 Å². The lowest BCUT2D eigenvalue weighted by Gasteiger charge is -2.16. The molecule has 0 aliphatic heterocycles. The number of hydrogen-bond acceptors (Lipinski definition) is 4. The average molecular weight is 350 g/mol. The normalized spacial score (nSPS) is 12.9. The molecule has 0 saturated heterocycles. The Morgan fingerprint density at radius 3 is 2.57 bits per heavy atom. The van der Waals surface area contributed by atoms with Crippen molar-refractivity contribution >= 4 is 34.8 Å². The second-order valence-electron chi connectivity index (χ2n) is 4.83. The summed E-state index contributed by atoms with van der Waals surface area (Å²) in [4.78, 5) is 6.10. The minimum Gasteiger partial charge on any atom is -0.380 e. The molecule has 0 spiro atoms. The van der Waals surface area contributed by atoms with Crippen LogP contribution >= 0.6 is 34.8 Å². The van der Waals surface area contributed by atoms with Gasteiger partial charge in [0.1, 0.15) is 6.10 Å². The molecule has 0 fully saturated rings. The van der Waals surface area contributed by atoms with Crippen molar-refractivity contribution in [2.24, 2.45) is 0 Å². The Balaban J connectivity index is 2.34. The van der Waals surface area contributed by atoms with Crippen LogP contribution in [0.4, 0.5) is 0 Å². The van der Waals surface area contributed by atoms with Crippen LogP contribution in [0.5, 0.6) is 0 Å². The van der Waals surface area contributed by atoms with Crippen LogP contribution in [0.25, 0.3) is 0 Å². The molecule has 0 radical (unpaired) electrons. The minimum absolute atomic E-state index is 0.284. The topological polar surface area (TPSA) is 54.2 Å². The smallest absolute Gasteiger partial charge is 0.140 e. The van der Waals surface area contributed by atoms with E-state index < -0.39 is 6.10 Å². The molecule has 0 aliphatic rings. The van der Waals surface area contributed by atoms with E-state index >= 15 is 0 Å². The second kappa shape index (κ2) is 6.94. The van der Waals surface area contributed by atoms with E-state index in [2.05, 4.69) is 10.1 Å². The van der Waals surface area contributed by atoms with E-state index in [9.17, 15) is 5.11 Å². The summed E-state index contributed by atoms with van der Waals surface area (Å²) in [7, 11) is 3.91. The summed E-state index contributed by atoms with van der Waals surface area (Å²) in [6, 6.07) is 1.53. The van der Waals surface area contributed by atoms with Gasteiger partial charge in [-0.15, -0.1) is 0 Å². The van der Waals surface area contributed by atoms with Crippen molar-refractivity contribution in [3.63, 3.8) is 0 Å². The fourth-order valence-electron chi connectivity index (χ4n) is 1.87. The van der Waals surface area contributed by atoms with Crippen LogP contribution in [0.1, 0.15) is 17.5 Å². The van der Waals surface area contributed by atoms with E-state index in [0.717, 1.165) is 6.54 Å². The largest absolute Gasteiger partial charge is 0.380 e. The van der Waals surface area contributed by atoms with E-state index in [1.54, 1.807) is 4.68 Å². The Hall–Kier alpha value is -0.850. The van der Waals surface area contributed by atoms with Crippen LogP contribution in [0.3, 0.4) is 0 Å². The predicted octanol–water partition coefficient (Wildman–Crippen LogP) is 2.88. The van der Waals surface area contributed by atoms with Crippen molar-refractivity contribution < 1.29 is 5.11 Å². The second-order valence-corrected chi connectivity index (χ2v) is 6.08. The van der Waals surface area contributed by atoms with Crippen LogP contribution in [-0.2, 0) is 6.54 Å². The van der Waals surface area contributed by atoms with Crippen molar-refractivity contribution in [2.45, 2.75) is 12.6 Å². The van der Waals surface area contributed by atoms with Crippen molar-refractivity contribution in [2.75, 3.05) is 20.6 Å². The van der Waals surface area contributed by atoms with Crippen LogP contribution in [0.2, 0.25) is 15.1 Å². The van der Waals surface area contributed by atoms with Gasteiger partial charge < -0.3 is 10.0 Å². The first kappa shape index (κ1) is 16.5. The highest BCUT2D eigenvalue weighted by Gasteiger charge is 2.23. The van der Waals surface area contributed by atoms with Crippen molar-refractivity contribution in [3.05, 3.63) is 44.9 Å². The zero-order valence-electron chi connectivity index (χ0n) is 11.6. The van der Waals surface area contributed by atoms with E-state index in [1.807, 2.05) is 19.0 Å². The molecule has 1 N–H and O–H groups in total. The third kappa shape index (κ3) is 3.87. The molecule has 2 rings (SSSR count). The lowest BCUT2D eigenvalue weighted by atomic mass is 10.1. The van der Waals surface area contributed by atoms with Crippen molar-refractivity contribution in [1.29, 1.82) is 0 Å². The van der Waals surface area contributed by atoms with Crippen LogP contribution in [0, 0.1) is 0 Å². The van der Waals surface area contributed by atoms with Crippen LogP contribution < -0.4 is 0 Å². The lowest BCUT2D eigenvalue weighted by Crippen LogP contribution is -2.21. The highest BCUT2D eigenvalue weighted by Crippen LogP contribution is 2.31. The van der Waals surface area contributed by atoms with Gasteiger partial charge in [-0.25, -0.2) is 0 Å². The molecule has 8 heteroatoms.